The minimum atomic E-state index is -0.768. The fraction of sp³-hybridized carbons (Fsp3) is 0.250. The van der Waals surface area contributed by atoms with Crippen molar-refractivity contribution in [3.63, 3.8) is 0 Å². The van der Waals surface area contributed by atoms with Gasteiger partial charge in [-0.05, 0) is 48.6 Å². The Labute approximate surface area is 174 Å². The fourth-order valence-corrected chi connectivity index (χ4v) is 4.32. The van der Waals surface area contributed by atoms with Crippen molar-refractivity contribution in [1.82, 2.24) is 4.98 Å². The van der Waals surface area contributed by atoms with Gasteiger partial charge in [0.1, 0.15) is 12.4 Å². The van der Waals surface area contributed by atoms with E-state index in [1.807, 2.05) is 36.4 Å². The molecule has 0 unspecified atom stereocenters. The largest absolute Gasteiger partial charge is 0.487 e. The molecule has 0 aliphatic heterocycles. The van der Waals surface area contributed by atoms with Crippen LogP contribution in [-0.4, -0.2) is 27.6 Å². The van der Waals surface area contributed by atoms with Crippen LogP contribution in [0.3, 0.4) is 0 Å². The number of carbonyl (C=O) groups is 1. The van der Waals surface area contributed by atoms with E-state index in [1.54, 1.807) is 0 Å². The molecule has 0 spiro atoms. The normalized spacial score (nSPS) is 14.7. The van der Waals surface area contributed by atoms with Crippen LogP contribution in [0.4, 0.5) is 0 Å². The van der Waals surface area contributed by atoms with Gasteiger partial charge < -0.3 is 9.84 Å². The maximum Gasteiger partial charge on any atom is 0.313 e. The van der Waals surface area contributed by atoms with Gasteiger partial charge in [0.05, 0.1) is 17.0 Å². The van der Waals surface area contributed by atoms with Crippen molar-refractivity contribution >= 4 is 34.2 Å². The molecule has 1 aliphatic rings. The van der Waals surface area contributed by atoms with Crippen molar-refractivity contribution in [2.24, 2.45) is 0 Å². The standard InChI is InChI=1S/C24H23NO3S/c26-24(27)16-29-14-13-17-6-3-8-21-20(17)7-4-10-23(21)28-15-19-12-11-18-5-1-2-9-22(18)25-19/h1-2,4-5,7,9-13H,3,6,8,14-16H2,(H,26,27)/b17-13+. The first-order valence-corrected chi connectivity index (χ1v) is 10.9. The number of para-hydroxylation sites is 1. The zero-order valence-corrected chi connectivity index (χ0v) is 17.0. The lowest BCUT2D eigenvalue weighted by Gasteiger charge is -2.22. The van der Waals surface area contributed by atoms with Crippen LogP contribution in [0.5, 0.6) is 5.75 Å². The molecule has 2 aromatic carbocycles. The quantitative estimate of drug-likeness (QED) is 0.537. The Morgan fingerprint density at radius 3 is 2.90 bits per heavy atom. The molecule has 1 aromatic heterocycles. The van der Waals surface area contributed by atoms with Crippen LogP contribution in [-0.2, 0) is 17.8 Å². The van der Waals surface area contributed by atoms with E-state index in [0.717, 1.165) is 41.6 Å². The maximum absolute atomic E-state index is 10.7. The molecule has 0 bridgehead atoms. The molecule has 1 N–H and O–H groups in total. The molecule has 3 aromatic rings. The highest BCUT2D eigenvalue weighted by atomic mass is 32.2. The number of benzene rings is 2. The Kier molecular flexibility index (Phi) is 6.15. The minimum Gasteiger partial charge on any atom is -0.487 e. The van der Waals surface area contributed by atoms with E-state index >= 15 is 0 Å². The number of nitrogens with zero attached hydrogens (tertiary/aromatic N) is 1. The highest BCUT2D eigenvalue weighted by Gasteiger charge is 2.18. The zero-order valence-electron chi connectivity index (χ0n) is 16.1. The Hall–Kier alpha value is -2.79. The number of rotatable bonds is 7. The molecule has 0 amide bonds. The number of hydrogen-bond acceptors (Lipinski definition) is 4. The summed E-state index contributed by atoms with van der Waals surface area (Å²) in [6.07, 6.45) is 5.27. The molecule has 5 heteroatoms. The number of aliphatic carboxylic acids is 1. The molecule has 0 saturated heterocycles. The minimum absolute atomic E-state index is 0.137. The lowest BCUT2D eigenvalue weighted by molar-refractivity contribution is -0.133. The van der Waals surface area contributed by atoms with Gasteiger partial charge >= 0.3 is 5.97 Å². The topological polar surface area (TPSA) is 59.4 Å². The predicted molar refractivity (Wildman–Crippen MR) is 118 cm³/mol. The number of carboxylic acid groups (broad SMARTS) is 1. The van der Waals surface area contributed by atoms with Crippen LogP contribution in [0.2, 0.25) is 0 Å². The smallest absolute Gasteiger partial charge is 0.313 e. The molecule has 29 heavy (non-hydrogen) atoms. The van der Waals surface area contributed by atoms with E-state index in [0.29, 0.717) is 12.4 Å². The summed E-state index contributed by atoms with van der Waals surface area (Å²) in [6, 6.07) is 18.4. The highest BCUT2D eigenvalue weighted by molar-refractivity contribution is 8.00. The number of allylic oxidation sites excluding steroid dienone is 1. The van der Waals surface area contributed by atoms with Gasteiger partial charge in [-0.1, -0.05) is 42.5 Å². The third-order valence-corrected chi connectivity index (χ3v) is 5.91. The number of hydrogen-bond donors (Lipinski definition) is 1. The number of fused-ring (bicyclic) bond motifs is 2. The molecule has 0 atom stereocenters. The summed E-state index contributed by atoms with van der Waals surface area (Å²) in [6.45, 7) is 0.439. The van der Waals surface area contributed by atoms with Crippen LogP contribution in [0.25, 0.3) is 16.5 Å². The maximum atomic E-state index is 10.7. The van der Waals surface area contributed by atoms with E-state index in [9.17, 15) is 4.79 Å². The fourth-order valence-electron chi connectivity index (χ4n) is 3.71. The number of carboxylic acids is 1. The van der Waals surface area contributed by atoms with Gasteiger partial charge in [-0.15, -0.1) is 11.8 Å². The molecule has 1 heterocycles. The van der Waals surface area contributed by atoms with Gasteiger partial charge in [0, 0.05) is 16.7 Å². The molecule has 4 rings (SSSR count). The number of thioether (sulfide) groups is 1. The van der Waals surface area contributed by atoms with Crippen molar-refractivity contribution in [2.75, 3.05) is 11.5 Å². The van der Waals surface area contributed by atoms with E-state index in [1.165, 1.54) is 28.5 Å². The number of pyridine rings is 1. The van der Waals surface area contributed by atoms with Crippen LogP contribution in [0, 0.1) is 0 Å². The first-order valence-electron chi connectivity index (χ1n) is 9.79. The summed E-state index contributed by atoms with van der Waals surface area (Å²) in [4.78, 5) is 15.4. The van der Waals surface area contributed by atoms with Gasteiger partial charge in [0.15, 0.2) is 0 Å². The SMILES string of the molecule is O=C(O)CSC/C=C1\CCCc2c(OCc3ccc4ccccc4n3)cccc21. The summed E-state index contributed by atoms with van der Waals surface area (Å²) < 4.78 is 6.17. The van der Waals surface area contributed by atoms with E-state index in [-0.39, 0.29) is 5.75 Å². The third kappa shape index (κ3) is 4.80. The van der Waals surface area contributed by atoms with Gasteiger partial charge in [-0.3, -0.25) is 4.79 Å². The van der Waals surface area contributed by atoms with Crippen molar-refractivity contribution < 1.29 is 14.6 Å². The van der Waals surface area contributed by atoms with Crippen LogP contribution >= 0.6 is 11.8 Å². The molecule has 0 saturated carbocycles. The lowest BCUT2D eigenvalue weighted by Crippen LogP contribution is -2.07. The Morgan fingerprint density at radius 1 is 1.10 bits per heavy atom. The Morgan fingerprint density at radius 2 is 2.00 bits per heavy atom. The first-order chi connectivity index (χ1) is 14.2. The third-order valence-electron chi connectivity index (χ3n) is 5.06. The molecule has 1 aliphatic carbocycles. The monoisotopic (exact) mass is 405 g/mol. The summed E-state index contributed by atoms with van der Waals surface area (Å²) >= 11 is 1.43. The molecular weight excluding hydrogens is 382 g/mol. The predicted octanol–water partition coefficient (Wildman–Crippen LogP) is 5.35. The van der Waals surface area contributed by atoms with Crippen LogP contribution in [0.1, 0.15) is 29.7 Å². The molecular formula is C24H23NO3S. The zero-order chi connectivity index (χ0) is 20.1. The van der Waals surface area contributed by atoms with E-state index in [2.05, 4.69) is 24.3 Å². The lowest BCUT2D eigenvalue weighted by atomic mass is 9.87. The molecule has 4 nitrogen and oxygen atoms in total. The first kappa shape index (κ1) is 19.5. The Balaban J connectivity index is 1.49. The number of ether oxygens (including phenoxy) is 1. The van der Waals surface area contributed by atoms with Gasteiger partial charge in [0.2, 0.25) is 0 Å². The summed E-state index contributed by atoms with van der Waals surface area (Å²) in [5.41, 5.74) is 5.66. The van der Waals surface area contributed by atoms with E-state index < -0.39 is 5.97 Å². The average Bonchev–Trinajstić information content (AvgIpc) is 2.75. The van der Waals surface area contributed by atoms with E-state index in [4.69, 9.17) is 14.8 Å². The van der Waals surface area contributed by atoms with Gasteiger partial charge in [-0.25, -0.2) is 4.98 Å². The summed E-state index contributed by atoms with van der Waals surface area (Å²) in [5.74, 6) is 1.00. The molecule has 148 valence electrons. The van der Waals surface area contributed by atoms with Crippen molar-refractivity contribution in [2.45, 2.75) is 25.9 Å². The van der Waals surface area contributed by atoms with Crippen LogP contribution < -0.4 is 4.74 Å². The van der Waals surface area contributed by atoms with Crippen LogP contribution in [0.15, 0.2) is 60.7 Å². The highest BCUT2D eigenvalue weighted by Crippen LogP contribution is 2.36. The molecule has 0 fully saturated rings. The van der Waals surface area contributed by atoms with Gasteiger partial charge in [0.25, 0.3) is 0 Å². The second-order valence-electron chi connectivity index (χ2n) is 7.06. The average molecular weight is 406 g/mol. The summed E-state index contributed by atoms with van der Waals surface area (Å²) in [7, 11) is 0. The number of aromatic nitrogens is 1. The second kappa shape index (κ2) is 9.14. The summed E-state index contributed by atoms with van der Waals surface area (Å²) in [5, 5.41) is 9.92. The second-order valence-corrected chi connectivity index (χ2v) is 8.09. The van der Waals surface area contributed by atoms with Crippen molar-refractivity contribution in [3.8, 4) is 5.75 Å². The Bertz CT molecular complexity index is 1060. The van der Waals surface area contributed by atoms with Gasteiger partial charge in [-0.2, -0.15) is 0 Å². The molecule has 0 radical (unpaired) electrons. The van der Waals surface area contributed by atoms with Crippen molar-refractivity contribution in [1.29, 1.82) is 0 Å². The van der Waals surface area contributed by atoms with Crippen molar-refractivity contribution in [3.05, 3.63) is 77.5 Å².